The Labute approximate surface area is 176 Å². The normalized spacial score (nSPS) is 30.3. The van der Waals surface area contributed by atoms with Gasteiger partial charge in [0.15, 0.2) is 5.72 Å². The Bertz CT molecular complexity index is 854. The van der Waals surface area contributed by atoms with Crippen LogP contribution in [-0.4, -0.2) is 36.2 Å². The van der Waals surface area contributed by atoms with E-state index < -0.39 is 17.7 Å². The van der Waals surface area contributed by atoms with E-state index in [0.29, 0.717) is 24.2 Å². The molecule has 162 valence electrons. The summed E-state index contributed by atoms with van der Waals surface area (Å²) in [4.78, 5) is 38.0. The van der Waals surface area contributed by atoms with Crippen LogP contribution in [0.1, 0.15) is 56.8 Å². The second-order valence-electron chi connectivity index (χ2n) is 9.00. The van der Waals surface area contributed by atoms with Crippen molar-refractivity contribution >= 4 is 17.8 Å². The van der Waals surface area contributed by atoms with Crippen molar-refractivity contribution < 1.29 is 23.9 Å². The van der Waals surface area contributed by atoms with Gasteiger partial charge < -0.3 is 20.1 Å². The zero-order valence-corrected chi connectivity index (χ0v) is 17.8. The van der Waals surface area contributed by atoms with E-state index in [0.717, 1.165) is 12.8 Å². The summed E-state index contributed by atoms with van der Waals surface area (Å²) in [5.41, 5.74) is -0.197. The van der Waals surface area contributed by atoms with Crippen molar-refractivity contribution in [1.29, 1.82) is 0 Å². The lowest BCUT2D eigenvalue weighted by Crippen LogP contribution is -2.67. The second-order valence-corrected chi connectivity index (χ2v) is 9.00. The predicted octanol–water partition coefficient (Wildman–Crippen LogP) is 2.65. The fraction of sp³-hybridized carbons (Fsp3) is 0.609. The van der Waals surface area contributed by atoms with Crippen LogP contribution >= 0.6 is 0 Å². The fourth-order valence-corrected chi connectivity index (χ4v) is 5.27. The van der Waals surface area contributed by atoms with Crippen LogP contribution in [0, 0.1) is 23.7 Å². The summed E-state index contributed by atoms with van der Waals surface area (Å²) >= 11 is 0. The molecule has 7 nitrogen and oxygen atoms in total. The summed E-state index contributed by atoms with van der Waals surface area (Å²) in [6.07, 6.45) is 3.05. The van der Waals surface area contributed by atoms with E-state index in [1.807, 2.05) is 32.0 Å². The van der Waals surface area contributed by atoms with Gasteiger partial charge in [-0.25, -0.2) is 4.79 Å². The number of carbonyl (C=O) groups is 3. The number of fused-ring (bicyclic) bond motifs is 3. The van der Waals surface area contributed by atoms with Crippen LogP contribution in [0.3, 0.4) is 0 Å². The van der Waals surface area contributed by atoms with Crippen molar-refractivity contribution in [2.24, 2.45) is 23.7 Å². The van der Waals surface area contributed by atoms with Crippen LogP contribution in [0.15, 0.2) is 24.3 Å². The first-order valence-corrected chi connectivity index (χ1v) is 10.9. The molecule has 3 aliphatic carbocycles. The van der Waals surface area contributed by atoms with Gasteiger partial charge in [0.05, 0.1) is 12.2 Å². The van der Waals surface area contributed by atoms with Crippen molar-refractivity contribution in [2.45, 2.75) is 58.2 Å². The number of hydrogen-bond donors (Lipinski definition) is 2. The third-order valence-corrected chi connectivity index (χ3v) is 6.81. The monoisotopic (exact) mass is 414 g/mol. The van der Waals surface area contributed by atoms with Crippen molar-refractivity contribution in [1.82, 2.24) is 10.6 Å². The molecule has 4 aliphatic rings. The number of benzene rings is 1. The Morgan fingerprint density at radius 1 is 1.30 bits per heavy atom. The largest absolute Gasteiger partial charge is 0.467 e. The first-order chi connectivity index (χ1) is 14.3. The number of rotatable bonds is 5. The predicted molar refractivity (Wildman–Crippen MR) is 110 cm³/mol. The summed E-state index contributed by atoms with van der Waals surface area (Å²) in [6.45, 7) is 5.83. The third-order valence-electron chi connectivity index (χ3n) is 6.81. The molecule has 1 heterocycles. The molecule has 1 aromatic rings. The topological polar surface area (TPSA) is 93.7 Å². The highest BCUT2D eigenvalue weighted by Gasteiger charge is 2.57. The Hall–Kier alpha value is -2.57. The lowest BCUT2D eigenvalue weighted by Gasteiger charge is -2.55. The molecule has 2 amide bonds. The van der Waals surface area contributed by atoms with Gasteiger partial charge in [-0.1, -0.05) is 26.0 Å². The molecule has 1 aliphatic heterocycles. The maximum Gasteiger partial charge on any atom is 0.328 e. The summed E-state index contributed by atoms with van der Waals surface area (Å²) in [7, 11) is 0. The Kier molecular flexibility index (Phi) is 5.47. The molecule has 0 saturated heterocycles. The van der Waals surface area contributed by atoms with Crippen molar-refractivity contribution in [2.75, 3.05) is 6.61 Å². The van der Waals surface area contributed by atoms with Crippen LogP contribution in [0.4, 0.5) is 0 Å². The highest BCUT2D eigenvalue weighted by atomic mass is 16.5. The van der Waals surface area contributed by atoms with Crippen LogP contribution in [0.5, 0.6) is 5.75 Å². The third kappa shape index (κ3) is 3.55. The molecule has 5 atom stereocenters. The van der Waals surface area contributed by atoms with Crippen LogP contribution in [0.2, 0.25) is 0 Å². The highest BCUT2D eigenvalue weighted by Crippen LogP contribution is 2.52. The second kappa shape index (κ2) is 7.93. The van der Waals surface area contributed by atoms with Gasteiger partial charge in [-0.2, -0.15) is 0 Å². The maximum atomic E-state index is 13.1. The van der Waals surface area contributed by atoms with E-state index in [2.05, 4.69) is 10.6 Å². The first kappa shape index (κ1) is 20.7. The maximum absolute atomic E-state index is 13.1. The number of nitrogens with one attached hydrogen (secondary N) is 2. The van der Waals surface area contributed by atoms with E-state index in [-0.39, 0.29) is 42.1 Å². The average molecular weight is 415 g/mol. The summed E-state index contributed by atoms with van der Waals surface area (Å²) in [6, 6.07) is 6.63. The van der Waals surface area contributed by atoms with Crippen LogP contribution < -0.4 is 15.4 Å². The van der Waals surface area contributed by atoms with Gasteiger partial charge >= 0.3 is 5.97 Å². The molecule has 2 N–H and O–H groups in total. The number of para-hydroxylation sites is 1. The quantitative estimate of drug-likeness (QED) is 0.723. The zero-order chi connectivity index (χ0) is 21.5. The molecule has 5 unspecified atom stereocenters. The van der Waals surface area contributed by atoms with Crippen molar-refractivity contribution in [3.63, 3.8) is 0 Å². The molecule has 2 bridgehead atoms. The molecule has 5 rings (SSSR count). The molecular formula is C23H30N2O5. The number of esters is 1. The Morgan fingerprint density at radius 2 is 2.07 bits per heavy atom. The number of carbonyl (C=O) groups excluding carboxylic acids is 3. The molecule has 0 aromatic heterocycles. The Balaban J connectivity index is 1.49. The van der Waals surface area contributed by atoms with Gasteiger partial charge in [0.25, 0.3) is 5.91 Å². The standard InChI is InChI=1S/C23H30N2O5/c1-4-29-22(28)19(13(2)3)24-20(26)17-11-15-10-9-14(17)12-23(15)25-21(27)16-7-5-6-8-18(16)30-23/h5-8,13-15,17,19H,4,9-12H2,1-3H3,(H,24,26)(H,25,27). The molecule has 30 heavy (non-hydrogen) atoms. The molecule has 0 radical (unpaired) electrons. The van der Waals surface area contributed by atoms with Crippen molar-refractivity contribution in [3.05, 3.63) is 29.8 Å². The summed E-state index contributed by atoms with van der Waals surface area (Å²) < 4.78 is 11.5. The molecule has 1 aromatic carbocycles. The smallest absolute Gasteiger partial charge is 0.328 e. The minimum atomic E-state index is -0.746. The van der Waals surface area contributed by atoms with Crippen LogP contribution in [0.25, 0.3) is 0 Å². The van der Waals surface area contributed by atoms with Crippen LogP contribution in [-0.2, 0) is 14.3 Å². The number of hydrogen-bond acceptors (Lipinski definition) is 5. The van der Waals surface area contributed by atoms with E-state index in [1.54, 1.807) is 13.0 Å². The fourth-order valence-electron chi connectivity index (χ4n) is 5.27. The van der Waals surface area contributed by atoms with Crippen molar-refractivity contribution in [3.8, 4) is 5.75 Å². The molecule has 1 spiro atoms. The van der Waals surface area contributed by atoms with E-state index >= 15 is 0 Å². The van der Waals surface area contributed by atoms with E-state index in [9.17, 15) is 14.4 Å². The summed E-state index contributed by atoms with van der Waals surface area (Å²) in [5.74, 6) is -0.109. The minimum absolute atomic E-state index is 0.0515. The number of ether oxygens (including phenoxy) is 2. The average Bonchev–Trinajstić information content (AvgIpc) is 2.72. The first-order valence-electron chi connectivity index (χ1n) is 10.9. The summed E-state index contributed by atoms with van der Waals surface area (Å²) in [5, 5.41) is 6.04. The molecule has 7 heteroatoms. The van der Waals surface area contributed by atoms with E-state index in [1.165, 1.54) is 0 Å². The van der Waals surface area contributed by atoms with Gasteiger partial charge in [0.1, 0.15) is 11.8 Å². The molecule has 3 saturated carbocycles. The molecular weight excluding hydrogens is 384 g/mol. The van der Waals surface area contributed by atoms with E-state index in [4.69, 9.17) is 9.47 Å². The van der Waals surface area contributed by atoms with Gasteiger partial charge in [-0.15, -0.1) is 0 Å². The molecule has 3 fully saturated rings. The lowest BCUT2D eigenvalue weighted by molar-refractivity contribution is -0.154. The number of amides is 2. The SMILES string of the molecule is CCOC(=O)C(NC(=O)C1CC2CCC1CC21NC(=O)c2ccccc2O1)C(C)C. The Morgan fingerprint density at radius 3 is 2.73 bits per heavy atom. The van der Waals surface area contributed by atoms with Gasteiger partial charge in [-0.05, 0) is 50.2 Å². The highest BCUT2D eigenvalue weighted by molar-refractivity contribution is 5.98. The zero-order valence-electron chi connectivity index (χ0n) is 17.8. The minimum Gasteiger partial charge on any atom is -0.467 e. The lowest BCUT2D eigenvalue weighted by atomic mass is 9.60. The van der Waals surface area contributed by atoms with Gasteiger partial charge in [0.2, 0.25) is 5.91 Å². The van der Waals surface area contributed by atoms with Gasteiger partial charge in [0, 0.05) is 18.3 Å². The van der Waals surface area contributed by atoms with Gasteiger partial charge in [-0.3, -0.25) is 9.59 Å².